The van der Waals surface area contributed by atoms with Gasteiger partial charge < -0.3 is 20.4 Å². The van der Waals surface area contributed by atoms with Gasteiger partial charge in [-0.1, -0.05) is 60.1 Å². The standard InChI is InChI=1S/C27H24ClN3O4/c1-17(25(32)30-19-9-3-2-4-10-19)35-27(34)24(31-26(33)21-12-5-7-13-22(21)28)15-18-16-29-23-14-8-6-11-20(18)23/h2-14,16-17,24,29H,15H2,1H3,(H,30,32)(H,31,33)/t17-,24-/m1/s1. The van der Waals surface area contributed by atoms with Crippen molar-refractivity contribution in [3.63, 3.8) is 0 Å². The van der Waals surface area contributed by atoms with Crippen LogP contribution in [0.3, 0.4) is 0 Å². The number of aromatic amines is 1. The minimum atomic E-state index is -1.08. The molecule has 2 atom stereocenters. The lowest BCUT2D eigenvalue weighted by molar-refractivity contribution is -0.155. The van der Waals surface area contributed by atoms with E-state index in [-0.39, 0.29) is 17.0 Å². The van der Waals surface area contributed by atoms with Gasteiger partial charge in [0, 0.05) is 29.2 Å². The Balaban J connectivity index is 1.53. The third kappa shape index (κ3) is 5.88. The van der Waals surface area contributed by atoms with E-state index in [2.05, 4.69) is 15.6 Å². The molecular weight excluding hydrogens is 466 g/mol. The van der Waals surface area contributed by atoms with Crippen LogP contribution in [0.4, 0.5) is 5.69 Å². The molecule has 35 heavy (non-hydrogen) atoms. The summed E-state index contributed by atoms with van der Waals surface area (Å²) in [5.41, 5.74) is 2.55. The van der Waals surface area contributed by atoms with Gasteiger partial charge in [-0.2, -0.15) is 0 Å². The van der Waals surface area contributed by atoms with E-state index in [1.807, 2.05) is 30.3 Å². The first-order chi connectivity index (χ1) is 16.9. The maximum absolute atomic E-state index is 13.2. The van der Waals surface area contributed by atoms with Crippen molar-refractivity contribution in [2.24, 2.45) is 0 Å². The van der Waals surface area contributed by atoms with Crippen molar-refractivity contribution in [3.8, 4) is 0 Å². The second kappa shape index (κ2) is 10.9. The molecule has 0 aliphatic rings. The Morgan fingerprint density at radius 3 is 2.40 bits per heavy atom. The number of halogens is 1. The fraction of sp³-hybridized carbons (Fsp3) is 0.148. The second-order valence-electron chi connectivity index (χ2n) is 8.00. The summed E-state index contributed by atoms with van der Waals surface area (Å²) in [6, 6.07) is 22.0. The monoisotopic (exact) mass is 489 g/mol. The van der Waals surface area contributed by atoms with Crippen LogP contribution in [0.2, 0.25) is 5.02 Å². The summed E-state index contributed by atoms with van der Waals surface area (Å²) >= 11 is 6.17. The number of aromatic nitrogens is 1. The van der Waals surface area contributed by atoms with E-state index in [1.165, 1.54) is 6.92 Å². The smallest absolute Gasteiger partial charge is 0.329 e. The minimum Gasteiger partial charge on any atom is -0.451 e. The van der Waals surface area contributed by atoms with E-state index in [9.17, 15) is 14.4 Å². The molecule has 1 heterocycles. The van der Waals surface area contributed by atoms with Crippen LogP contribution in [-0.4, -0.2) is 34.9 Å². The number of amides is 2. The van der Waals surface area contributed by atoms with E-state index in [0.29, 0.717) is 5.69 Å². The molecule has 3 N–H and O–H groups in total. The highest BCUT2D eigenvalue weighted by Gasteiger charge is 2.28. The molecule has 0 saturated heterocycles. The molecule has 178 valence electrons. The number of esters is 1. The van der Waals surface area contributed by atoms with Gasteiger partial charge in [-0.3, -0.25) is 9.59 Å². The quantitative estimate of drug-likeness (QED) is 0.311. The molecule has 2 amide bonds. The molecule has 3 aromatic carbocycles. The molecule has 0 fully saturated rings. The zero-order valence-corrected chi connectivity index (χ0v) is 19.7. The van der Waals surface area contributed by atoms with Crippen LogP contribution in [0, 0.1) is 0 Å². The van der Waals surface area contributed by atoms with Crippen LogP contribution in [0.15, 0.2) is 85.1 Å². The largest absolute Gasteiger partial charge is 0.451 e. The summed E-state index contributed by atoms with van der Waals surface area (Å²) in [7, 11) is 0. The number of para-hydroxylation sites is 2. The van der Waals surface area contributed by atoms with E-state index in [4.69, 9.17) is 16.3 Å². The zero-order valence-electron chi connectivity index (χ0n) is 19.0. The van der Waals surface area contributed by atoms with Gasteiger partial charge in [-0.05, 0) is 42.8 Å². The van der Waals surface area contributed by atoms with Gasteiger partial charge in [0.15, 0.2) is 6.10 Å². The highest BCUT2D eigenvalue weighted by Crippen LogP contribution is 2.21. The number of carbonyl (C=O) groups is 3. The second-order valence-corrected chi connectivity index (χ2v) is 8.41. The average Bonchev–Trinajstić information content (AvgIpc) is 3.27. The molecule has 0 aliphatic heterocycles. The molecular formula is C27H24ClN3O4. The van der Waals surface area contributed by atoms with Gasteiger partial charge in [0.2, 0.25) is 0 Å². The molecule has 4 rings (SSSR count). The highest BCUT2D eigenvalue weighted by molar-refractivity contribution is 6.33. The number of H-pyrrole nitrogens is 1. The zero-order chi connectivity index (χ0) is 24.8. The molecule has 1 aromatic heterocycles. The van der Waals surface area contributed by atoms with Crippen molar-refractivity contribution in [1.29, 1.82) is 0 Å². The summed E-state index contributed by atoms with van der Waals surface area (Å²) in [4.78, 5) is 41.8. The first-order valence-electron chi connectivity index (χ1n) is 11.1. The Labute approximate surface area is 207 Å². The lowest BCUT2D eigenvalue weighted by atomic mass is 10.0. The van der Waals surface area contributed by atoms with Gasteiger partial charge in [0.1, 0.15) is 6.04 Å². The number of ether oxygens (including phenoxy) is 1. The van der Waals surface area contributed by atoms with Crippen LogP contribution in [0.5, 0.6) is 0 Å². The Morgan fingerprint density at radius 1 is 0.943 bits per heavy atom. The highest BCUT2D eigenvalue weighted by atomic mass is 35.5. The summed E-state index contributed by atoms with van der Waals surface area (Å²) in [6.07, 6.45) is 0.870. The van der Waals surface area contributed by atoms with Gasteiger partial charge in [0.05, 0.1) is 10.6 Å². The van der Waals surface area contributed by atoms with Crippen molar-refractivity contribution in [3.05, 3.63) is 101 Å². The fourth-order valence-corrected chi connectivity index (χ4v) is 3.89. The van der Waals surface area contributed by atoms with Crippen LogP contribution in [0.1, 0.15) is 22.8 Å². The first-order valence-corrected chi connectivity index (χ1v) is 11.5. The van der Waals surface area contributed by atoms with Crippen molar-refractivity contribution >= 4 is 46.0 Å². The van der Waals surface area contributed by atoms with E-state index < -0.39 is 29.9 Å². The maximum atomic E-state index is 13.2. The fourth-order valence-electron chi connectivity index (χ4n) is 3.67. The van der Waals surface area contributed by atoms with E-state index in [0.717, 1.165) is 16.5 Å². The first kappa shape index (κ1) is 24.0. The Bertz CT molecular complexity index is 1350. The predicted molar refractivity (Wildman–Crippen MR) is 135 cm³/mol. The molecule has 4 aromatic rings. The van der Waals surface area contributed by atoms with Crippen LogP contribution < -0.4 is 10.6 Å². The molecule has 0 radical (unpaired) electrons. The minimum absolute atomic E-state index is 0.159. The number of nitrogens with one attached hydrogen (secondary N) is 3. The maximum Gasteiger partial charge on any atom is 0.329 e. The Hall–Kier alpha value is -4.10. The van der Waals surface area contributed by atoms with Gasteiger partial charge in [-0.25, -0.2) is 4.79 Å². The molecule has 7 nitrogen and oxygen atoms in total. The van der Waals surface area contributed by atoms with Crippen LogP contribution in [0.25, 0.3) is 10.9 Å². The number of anilines is 1. The topological polar surface area (TPSA) is 100 Å². The van der Waals surface area contributed by atoms with Crippen molar-refractivity contribution in [1.82, 2.24) is 10.3 Å². The summed E-state index contributed by atoms with van der Waals surface area (Å²) in [5.74, 6) is -1.72. The Kier molecular flexibility index (Phi) is 7.48. The number of hydrogen-bond acceptors (Lipinski definition) is 4. The molecule has 8 heteroatoms. The third-order valence-corrected chi connectivity index (χ3v) is 5.84. The number of carbonyl (C=O) groups excluding carboxylic acids is 3. The lowest BCUT2D eigenvalue weighted by Gasteiger charge is -2.20. The molecule has 0 spiro atoms. The third-order valence-electron chi connectivity index (χ3n) is 5.51. The van der Waals surface area contributed by atoms with Crippen LogP contribution in [-0.2, 0) is 20.7 Å². The normalized spacial score (nSPS) is 12.5. The summed E-state index contributed by atoms with van der Waals surface area (Å²) in [5, 5.41) is 6.62. The summed E-state index contributed by atoms with van der Waals surface area (Å²) in [6.45, 7) is 1.48. The number of rotatable bonds is 8. The number of benzene rings is 3. The van der Waals surface area contributed by atoms with E-state index in [1.54, 1.807) is 54.7 Å². The van der Waals surface area contributed by atoms with Crippen molar-refractivity contribution in [2.45, 2.75) is 25.5 Å². The average molecular weight is 490 g/mol. The van der Waals surface area contributed by atoms with Crippen molar-refractivity contribution in [2.75, 3.05) is 5.32 Å². The molecule has 0 unspecified atom stereocenters. The van der Waals surface area contributed by atoms with Gasteiger partial charge in [0.25, 0.3) is 11.8 Å². The SMILES string of the molecule is C[C@@H](OC(=O)[C@@H](Cc1c[nH]c2ccccc12)NC(=O)c1ccccc1Cl)C(=O)Nc1ccccc1. The summed E-state index contributed by atoms with van der Waals surface area (Å²) < 4.78 is 5.47. The molecule has 0 aliphatic carbocycles. The number of fused-ring (bicyclic) bond motifs is 1. The predicted octanol–water partition coefficient (Wildman–Crippen LogP) is 4.73. The lowest BCUT2D eigenvalue weighted by Crippen LogP contribution is -2.45. The molecule has 0 bridgehead atoms. The Morgan fingerprint density at radius 2 is 1.63 bits per heavy atom. The molecule has 0 saturated carbocycles. The van der Waals surface area contributed by atoms with Crippen LogP contribution >= 0.6 is 11.6 Å². The van der Waals surface area contributed by atoms with Gasteiger partial charge in [-0.15, -0.1) is 0 Å². The van der Waals surface area contributed by atoms with E-state index >= 15 is 0 Å². The van der Waals surface area contributed by atoms with Gasteiger partial charge >= 0.3 is 5.97 Å². The van der Waals surface area contributed by atoms with Crippen molar-refractivity contribution < 1.29 is 19.1 Å². The number of hydrogen-bond donors (Lipinski definition) is 3.